The van der Waals surface area contributed by atoms with E-state index in [2.05, 4.69) is 14.1 Å². The smallest absolute Gasteiger partial charge is 0.234 e. The van der Waals surface area contributed by atoms with Crippen LogP contribution in [0.1, 0.15) is 17.0 Å². The number of amides is 1. The van der Waals surface area contributed by atoms with Crippen molar-refractivity contribution >= 4 is 35.1 Å². The molecule has 2 rings (SSSR count). The Balaban J connectivity index is 1.78. The van der Waals surface area contributed by atoms with Gasteiger partial charge in [0.2, 0.25) is 5.91 Å². The number of nitriles is 1. The van der Waals surface area contributed by atoms with Crippen LogP contribution in [0.5, 0.6) is 0 Å². The lowest BCUT2D eigenvalue weighted by molar-refractivity contribution is -0.113. The third-order valence-corrected chi connectivity index (χ3v) is 4.12. The second kappa shape index (κ2) is 7.03. The summed E-state index contributed by atoms with van der Waals surface area (Å²) in [4.78, 5) is 11.7. The SMILES string of the molecule is Cc1nsnc1CSCC(=O)Nc1ccc(C#N)cc1. The zero-order valence-electron chi connectivity index (χ0n) is 10.8. The Bertz CT molecular complexity index is 631. The topological polar surface area (TPSA) is 78.7 Å². The van der Waals surface area contributed by atoms with E-state index < -0.39 is 0 Å². The summed E-state index contributed by atoms with van der Waals surface area (Å²) >= 11 is 2.69. The zero-order valence-corrected chi connectivity index (χ0v) is 12.4. The van der Waals surface area contributed by atoms with E-state index >= 15 is 0 Å². The zero-order chi connectivity index (χ0) is 14.4. The Labute approximate surface area is 125 Å². The normalized spacial score (nSPS) is 10.0. The lowest BCUT2D eigenvalue weighted by atomic mass is 10.2. The van der Waals surface area contributed by atoms with Crippen molar-refractivity contribution in [2.75, 3.05) is 11.1 Å². The maximum absolute atomic E-state index is 11.7. The maximum atomic E-state index is 11.7. The molecule has 0 aliphatic carbocycles. The first kappa shape index (κ1) is 14.5. The summed E-state index contributed by atoms with van der Waals surface area (Å²) in [6, 6.07) is 8.82. The number of rotatable bonds is 5. The molecule has 0 saturated heterocycles. The minimum absolute atomic E-state index is 0.0689. The van der Waals surface area contributed by atoms with Crippen LogP contribution in [0.25, 0.3) is 0 Å². The predicted molar refractivity (Wildman–Crippen MR) is 80.6 cm³/mol. The number of carbonyl (C=O) groups is 1. The number of aryl methyl sites for hydroxylation is 1. The first-order valence-electron chi connectivity index (χ1n) is 5.85. The van der Waals surface area contributed by atoms with Crippen LogP contribution < -0.4 is 5.32 Å². The molecule has 20 heavy (non-hydrogen) atoms. The monoisotopic (exact) mass is 304 g/mol. The molecule has 1 amide bonds. The lowest BCUT2D eigenvalue weighted by Gasteiger charge is -2.04. The molecule has 0 fully saturated rings. The third kappa shape index (κ3) is 4.05. The quantitative estimate of drug-likeness (QED) is 0.918. The van der Waals surface area contributed by atoms with Crippen molar-refractivity contribution in [3.8, 4) is 6.07 Å². The number of benzene rings is 1. The Morgan fingerprint density at radius 2 is 2.15 bits per heavy atom. The lowest BCUT2D eigenvalue weighted by Crippen LogP contribution is -2.14. The molecule has 102 valence electrons. The van der Waals surface area contributed by atoms with Gasteiger partial charge in [-0.1, -0.05) is 0 Å². The van der Waals surface area contributed by atoms with E-state index in [1.807, 2.05) is 13.0 Å². The molecule has 0 bridgehead atoms. The largest absolute Gasteiger partial charge is 0.325 e. The van der Waals surface area contributed by atoms with Gasteiger partial charge in [-0.2, -0.15) is 14.0 Å². The fraction of sp³-hybridized carbons (Fsp3) is 0.231. The van der Waals surface area contributed by atoms with Crippen molar-refractivity contribution in [1.82, 2.24) is 8.75 Å². The van der Waals surface area contributed by atoms with Crippen LogP contribution in [0.2, 0.25) is 0 Å². The van der Waals surface area contributed by atoms with Gasteiger partial charge in [0, 0.05) is 11.4 Å². The molecule has 0 aliphatic heterocycles. The molecule has 0 spiro atoms. The summed E-state index contributed by atoms with van der Waals surface area (Å²) in [5, 5.41) is 11.5. The van der Waals surface area contributed by atoms with Crippen molar-refractivity contribution in [2.24, 2.45) is 0 Å². The van der Waals surface area contributed by atoms with Crippen molar-refractivity contribution in [3.05, 3.63) is 41.2 Å². The van der Waals surface area contributed by atoms with Crippen molar-refractivity contribution < 1.29 is 4.79 Å². The van der Waals surface area contributed by atoms with Gasteiger partial charge in [0.25, 0.3) is 0 Å². The van der Waals surface area contributed by atoms with E-state index in [-0.39, 0.29) is 5.91 Å². The highest BCUT2D eigenvalue weighted by Crippen LogP contribution is 2.15. The fourth-order valence-electron chi connectivity index (χ4n) is 1.45. The standard InChI is InChI=1S/C13H12N4OS2/c1-9-12(17-20-16-9)7-19-8-13(18)15-11-4-2-10(6-14)3-5-11/h2-5H,7-8H2,1H3,(H,15,18). The van der Waals surface area contributed by atoms with Crippen molar-refractivity contribution in [3.63, 3.8) is 0 Å². The van der Waals surface area contributed by atoms with Gasteiger partial charge in [0.15, 0.2) is 0 Å². The van der Waals surface area contributed by atoms with Gasteiger partial charge in [0.1, 0.15) is 0 Å². The Hall–Kier alpha value is -1.91. The van der Waals surface area contributed by atoms with E-state index in [1.54, 1.807) is 24.3 Å². The summed E-state index contributed by atoms with van der Waals surface area (Å²) in [5.41, 5.74) is 3.13. The number of hydrogen-bond donors (Lipinski definition) is 1. The van der Waals surface area contributed by atoms with Crippen molar-refractivity contribution in [1.29, 1.82) is 5.26 Å². The van der Waals surface area contributed by atoms with Crippen LogP contribution in [0.3, 0.4) is 0 Å². The average Bonchev–Trinajstić information content (AvgIpc) is 2.85. The van der Waals surface area contributed by atoms with Crippen LogP contribution in [-0.2, 0) is 10.5 Å². The molecule has 5 nitrogen and oxygen atoms in total. The highest BCUT2D eigenvalue weighted by Gasteiger charge is 2.06. The number of carbonyl (C=O) groups excluding carboxylic acids is 1. The summed E-state index contributed by atoms with van der Waals surface area (Å²) in [6.07, 6.45) is 0. The Kier molecular flexibility index (Phi) is 5.09. The average molecular weight is 304 g/mol. The Morgan fingerprint density at radius 3 is 2.75 bits per heavy atom. The van der Waals surface area contributed by atoms with Gasteiger partial charge < -0.3 is 5.32 Å². The van der Waals surface area contributed by atoms with Gasteiger partial charge in [0.05, 0.1) is 40.5 Å². The Morgan fingerprint density at radius 1 is 1.40 bits per heavy atom. The van der Waals surface area contributed by atoms with Crippen LogP contribution in [-0.4, -0.2) is 20.4 Å². The molecule has 1 N–H and O–H groups in total. The summed E-state index contributed by atoms with van der Waals surface area (Å²) in [7, 11) is 0. The number of hydrogen-bond acceptors (Lipinski definition) is 6. The molecule has 1 heterocycles. The summed E-state index contributed by atoms with van der Waals surface area (Å²) < 4.78 is 8.25. The molecule has 1 aromatic carbocycles. The second-order valence-corrected chi connectivity index (χ2v) is 5.54. The van der Waals surface area contributed by atoms with Gasteiger partial charge in [-0.3, -0.25) is 4.79 Å². The van der Waals surface area contributed by atoms with Crippen LogP contribution >= 0.6 is 23.5 Å². The van der Waals surface area contributed by atoms with Gasteiger partial charge in [-0.05, 0) is 31.2 Å². The third-order valence-electron chi connectivity index (χ3n) is 2.52. The van der Waals surface area contributed by atoms with Crippen molar-refractivity contribution in [2.45, 2.75) is 12.7 Å². The molecule has 2 aromatic rings. The number of nitrogens with zero attached hydrogens (tertiary/aromatic N) is 3. The van der Waals surface area contributed by atoms with Gasteiger partial charge in [-0.25, -0.2) is 0 Å². The maximum Gasteiger partial charge on any atom is 0.234 e. The summed E-state index contributed by atoms with van der Waals surface area (Å²) in [6.45, 7) is 1.91. The fourth-order valence-corrected chi connectivity index (χ4v) is 2.92. The highest BCUT2D eigenvalue weighted by molar-refractivity contribution is 7.99. The molecule has 0 unspecified atom stereocenters. The minimum atomic E-state index is -0.0689. The van der Waals surface area contributed by atoms with Crippen LogP contribution in [0, 0.1) is 18.3 Å². The van der Waals surface area contributed by atoms with E-state index in [4.69, 9.17) is 5.26 Å². The number of thioether (sulfide) groups is 1. The van der Waals surface area contributed by atoms with E-state index in [9.17, 15) is 4.79 Å². The highest BCUT2D eigenvalue weighted by atomic mass is 32.2. The molecular formula is C13H12N4OS2. The van der Waals surface area contributed by atoms with Crippen LogP contribution in [0.15, 0.2) is 24.3 Å². The first-order chi connectivity index (χ1) is 9.69. The number of anilines is 1. The molecule has 7 heteroatoms. The minimum Gasteiger partial charge on any atom is -0.325 e. The number of aromatic nitrogens is 2. The van der Waals surface area contributed by atoms with Gasteiger partial charge in [-0.15, -0.1) is 11.8 Å². The molecule has 0 saturated carbocycles. The number of nitrogens with one attached hydrogen (secondary N) is 1. The molecule has 1 aromatic heterocycles. The molecule has 0 atom stereocenters. The van der Waals surface area contributed by atoms with E-state index in [0.717, 1.165) is 11.4 Å². The van der Waals surface area contributed by atoms with E-state index in [0.29, 0.717) is 22.8 Å². The molecule has 0 aliphatic rings. The first-order valence-corrected chi connectivity index (χ1v) is 7.73. The summed E-state index contributed by atoms with van der Waals surface area (Å²) in [5.74, 6) is 0.973. The van der Waals surface area contributed by atoms with E-state index in [1.165, 1.54) is 23.5 Å². The second-order valence-electron chi connectivity index (χ2n) is 4.03. The van der Waals surface area contributed by atoms with Crippen LogP contribution in [0.4, 0.5) is 5.69 Å². The molecule has 0 radical (unpaired) electrons. The molecular weight excluding hydrogens is 292 g/mol. The van der Waals surface area contributed by atoms with Gasteiger partial charge >= 0.3 is 0 Å². The predicted octanol–water partition coefficient (Wildman–Crippen LogP) is 2.59.